The summed E-state index contributed by atoms with van der Waals surface area (Å²) in [5.41, 5.74) is 8.07. The van der Waals surface area contributed by atoms with Crippen LogP contribution in [0, 0.1) is 0 Å². The molecule has 0 amide bonds. The first-order valence-electron chi connectivity index (χ1n) is 6.07. The predicted octanol–water partition coefficient (Wildman–Crippen LogP) is 2.12. The Morgan fingerprint density at radius 2 is 2.00 bits per heavy atom. The van der Waals surface area contributed by atoms with Crippen LogP contribution in [-0.4, -0.2) is 16.0 Å². The molecule has 104 valence electrons. The highest BCUT2D eigenvalue weighted by molar-refractivity contribution is 6.30. The first-order chi connectivity index (χ1) is 9.70. The van der Waals surface area contributed by atoms with E-state index < -0.39 is 0 Å². The Labute approximate surface area is 122 Å². The zero-order valence-electron chi connectivity index (χ0n) is 10.8. The number of amidine groups is 1. The van der Waals surface area contributed by atoms with Crippen molar-refractivity contribution < 1.29 is 5.21 Å². The summed E-state index contributed by atoms with van der Waals surface area (Å²) in [6.45, 7) is 1.27. The zero-order valence-corrected chi connectivity index (χ0v) is 11.5. The molecule has 0 fully saturated rings. The number of rotatable bonds is 5. The number of benzene rings is 1. The standard InChI is InChI=1S/C14H15ClN4O/c15-12-5-3-10(4-6-12)8-17-9-11-2-1-7-18-13(11)14(16)19-20/h1-7,17,20H,8-9H2,(H2,16,19). The molecule has 0 radical (unpaired) electrons. The monoisotopic (exact) mass is 290 g/mol. The molecule has 4 N–H and O–H groups in total. The van der Waals surface area contributed by atoms with Gasteiger partial charge in [-0.3, -0.25) is 4.98 Å². The van der Waals surface area contributed by atoms with Gasteiger partial charge in [-0.25, -0.2) is 0 Å². The molecule has 5 nitrogen and oxygen atoms in total. The van der Waals surface area contributed by atoms with Gasteiger partial charge in [0.15, 0.2) is 5.84 Å². The summed E-state index contributed by atoms with van der Waals surface area (Å²) >= 11 is 5.83. The van der Waals surface area contributed by atoms with Crippen molar-refractivity contribution in [2.75, 3.05) is 0 Å². The number of nitrogens with zero attached hydrogens (tertiary/aromatic N) is 2. The van der Waals surface area contributed by atoms with E-state index in [9.17, 15) is 0 Å². The molecule has 2 aromatic rings. The number of halogens is 1. The summed E-state index contributed by atoms with van der Waals surface area (Å²) in [6.07, 6.45) is 1.61. The van der Waals surface area contributed by atoms with Gasteiger partial charge >= 0.3 is 0 Å². The third kappa shape index (κ3) is 3.69. The van der Waals surface area contributed by atoms with E-state index in [1.165, 1.54) is 0 Å². The number of hydrogen-bond acceptors (Lipinski definition) is 4. The van der Waals surface area contributed by atoms with Gasteiger partial charge in [0.2, 0.25) is 0 Å². The zero-order chi connectivity index (χ0) is 14.4. The van der Waals surface area contributed by atoms with E-state index in [-0.39, 0.29) is 5.84 Å². The molecule has 20 heavy (non-hydrogen) atoms. The maximum atomic E-state index is 8.73. The van der Waals surface area contributed by atoms with Crippen LogP contribution < -0.4 is 11.1 Å². The van der Waals surface area contributed by atoms with Crippen LogP contribution in [0.25, 0.3) is 0 Å². The average Bonchev–Trinajstić information content (AvgIpc) is 2.49. The Hall–Kier alpha value is -2.11. The molecule has 1 aromatic heterocycles. The maximum absolute atomic E-state index is 8.73. The number of nitrogens with one attached hydrogen (secondary N) is 1. The van der Waals surface area contributed by atoms with Crippen LogP contribution >= 0.6 is 11.6 Å². The minimum atomic E-state index is 0.00823. The van der Waals surface area contributed by atoms with Crippen molar-refractivity contribution >= 4 is 17.4 Å². The van der Waals surface area contributed by atoms with Crippen molar-refractivity contribution in [2.45, 2.75) is 13.1 Å². The third-order valence-electron chi connectivity index (χ3n) is 2.80. The number of oxime groups is 1. The van der Waals surface area contributed by atoms with Gasteiger partial charge in [0.05, 0.1) is 0 Å². The van der Waals surface area contributed by atoms with Gasteiger partial charge in [-0.1, -0.05) is 35.0 Å². The van der Waals surface area contributed by atoms with E-state index in [2.05, 4.69) is 15.5 Å². The Balaban J connectivity index is 1.99. The Bertz CT molecular complexity index is 598. The van der Waals surface area contributed by atoms with Crippen molar-refractivity contribution in [3.63, 3.8) is 0 Å². The van der Waals surface area contributed by atoms with E-state index >= 15 is 0 Å². The molecular weight excluding hydrogens is 276 g/mol. The molecule has 0 saturated carbocycles. The molecule has 0 bridgehead atoms. The second kappa shape index (κ2) is 6.88. The first kappa shape index (κ1) is 14.3. The maximum Gasteiger partial charge on any atom is 0.189 e. The Kier molecular flexibility index (Phi) is 4.92. The summed E-state index contributed by atoms with van der Waals surface area (Å²) in [7, 11) is 0. The van der Waals surface area contributed by atoms with Gasteiger partial charge in [0.25, 0.3) is 0 Å². The van der Waals surface area contributed by atoms with Gasteiger partial charge in [-0.05, 0) is 29.3 Å². The van der Waals surface area contributed by atoms with Gasteiger partial charge in [-0.2, -0.15) is 0 Å². The minimum absolute atomic E-state index is 0.00823. The molecule has 0 atom stereocenters. The molecule has 1 heterocycles. The molecule has 0 aliphatic heterocycles. The van der Waals surface area contributed by atoms with Crippen molar-refractivity contribution in [2.24, 2.45) is 10.9 Å². The molecule has 0 aliphatic carbocycles. The normalized spacial score (nSPS) is 11.6. The molecule has 0 unspecified atom stereocenters. The quantitative estimate of drug-likeness (QED) is 0.341. The van der Waals surface area contributed by atoms with Crippen LogP contribution in [0.15, 0.2) is 47.8 Å². The van der Waals surface area contributed by atoms with E-state index in [0.29, 0.717) is 18.8 Å². The summed E-state index contributed by atoms with van der Waals surface area (Å²) in [6, 6.07) is 11.3. The van der Waals surface area contributed by atoms with Gasteiger partial charge < -0.3 is 16.3 Å². The number of hydrogen-bond donors (Lipinski definition) is 3. The molecule has 0 aliphatic rings. The minimum Gasteiger partial charge on any atom is -0.409 e. The highest BCUT2D eigenvalue weighted by Crippen LogP contribution is 2.10. The van der Waals surface area contributed by atoms with Crippen LogP contribution in [0.1, 0.15) is 16.8 Å². The molecule has 2 rings (SSSR count). The third-order valence-corrected chi connectivity index (χ3v) is 3.05. The molecule has 1 aromatic carbocycles. The fourth-order valence-corrected chi connectivity index (χ4v) is 1.93. The molecule has 0 spiro atoms. The van der Waals surface area contributed by atoms with Crippen molar-refractivity contribution in [3.05, 3.63) is 64.4 Å². The molecule has 6 heteroatoms. The van der Waals surface area contributed by atoms with E-state index in [0.717, 1.165) is 16.1 Å². The highest BCUT2D eigenvalue weighted by atomic mass is 35.5. The Morgan fingerprint density at radius 1 is 1.25 bits per heavy atom. The summed E-state index contributed by atoms with van der Waals surface area (Å²) in [4.78, 5) is 4.11. The smallest absolute Gasteiger partial charge is 0.189 e. The second-order valence-corrected chi connectivity index (χ2v) is 4.66. The second-order valence-electron chi connectivity index (χ2n) is 4.23. The van der Waals surface area contributed by atoms with Crippen LogP contribution in [-0.2, 0) is 13.1 Å². The predicted molar refractivity (Wildman–Crippen MR) is 78.7 cm³/mol. The molecule has 0 saturated heterocycles. The van der Waals surface area contributed by atoms with E-state index in [1.807, 2.05) is 36.4 Å². The van der Waals surface area contributed by atoms with Crippen molar-refractivity contribution in [3.8, 4) is 0 Å². The number of pyridine rings is 1. The van der Waals surface area contributed by atoms with E-state index in [4.69, 9.17) is 22.5 Å². The molecular formula is C14H15ClN4O. The van der Waals surface area contributed by atoms with Crippen LogP contribution in [0.3, 0.4) is 0 Å². The van der Waals surface area contributed by atoms with Crippen molar-refractivity contribution in [1.29, 1.82) is 0 Å². The lowest BCUT2D eigenvalue weighted by molar-refractivity contribution is 0.318. The number of nitrogens with two attached hydrogens (primary N) is 1. The van der Waals surface area contributed by atoms with Gasteiger partial charge in [-0.15, -0.1) is 0 Å². The topological polar surface area (TPSA) is 83.5 Å². The van der Waals surface area contributed by atoms with Crippen LogP contribution in [0.2, 0.25) is 5.02 Å². The highest BCUT2D eigenvalue weighted by Gasteiger charge is 2.07. The van der Waals surface area contributed by atoms with Gasteiger partial charge in [0, 0.05) is 24.3 Å². The van der Waals surface area contributed by atoms with Crippen molar-refractivity contribution in [1.82, 2.24) is 10.3 Å². The van der Waals surface area contributed by atoms with Crippen LogP contribution in [0.5, 0.6) is 0 Å². The largest absolute Gasteiger partial charge is 0.409 e. The average molecular weight is 291 g/mol. The number of aromatic nitrogens is 1. The lowest BCUT2D eigenvalue weighted by Gasteiger charge is -2.08. The van der Waals surface area contributed by atoms with E-state index in [1.54, 1.807) is 6.20 Å². The van der Waals surface area contributed by atoms with Gasteiger partial charge in [0.1, 0.15) is 5.69 Å². The summed E-state index contributed by atoms with van der Waals surface area (Å²) in [5.74, 6) is 0.00823. The lowest BCUT2D eigenvalue weighted by atomic mass is 10.1. The SMILES string of the molecule is NC(=NO)c1ncccc1CNCc1ccc(Cl)cc1. The lowest BCUT2D eigenvalue weighted by Crippen LogP contribution is -2.21. The first-order valence-corrected chi connectivity index (χ1v) is 6.45. The fourth-order valence-electron chi connectivity index (χ4n) is 1.80. The fraction of sp³-hybridized carbons (Fsp3) is 0.143. The van der Waals surface area contributed by atoms with Crippen LogP contribution in [0.4, 0.5) is 0 Å². The summed E-state index contributed by atoms with van der Waals surface area (Å²) < 4.78 is 0. The Morgan fingerprint density at radius 3 is 2.70 bits per heavy atom. The summed E-state index contributed by atoms with van der Waals surface area (Å²) in [5, 5.41) is 15.7.